The first-order valence-electron chi connectivity index (χ1n) is 6.18. The summed E-state index contributed by atoms with van der Waals surface area (Å²) in [5.74, 6) is -1.63. The van der Waals surface area contributed by atoms with Gasteiger partial charge < -0.3 is 0 Å². The van der Waals surface area contributed by atoms with Crippen LogP contribution in [0.1, 0.15) is 12.5 Å². The largest absolute Gasteiger partial charge is 0.564 e. The zero-order chi connectivity index (χ0) is 18.4. The number of anilines is 1. The number of nitro groups is 4. The van der Waals surface area contributed by atoms with Crippen molar-refractivity contribution in [1.82, 2.24) is 0 Å². The molecule has 1 amide bonds. The van der Waals surface area contributed by atoms with Gasteiger partial charge in [0.25, 0.3) is 5.69 Å². The van der Waals surface area contributed by atoms with Crippen LogP contribution in [0.5, 0.6) is 0 Å². The van der Waals surface area contributed by atoms with Crippen molar-refractivity contribution in [3.05, 3.63) is 58.2 Å². The molecule has 14 heteroatoms. The summed E-state index contributed by atoms with van der Waals surface area (Å²) >= 11 is 0. The number of carbonyl (C=O) groups is 1. The topological polar surface area (TPSA) is 193 Å². The monoisotopic (exact) mass is 341 g/mol. The molecule has 1 aromatic rings. The van der Waals surface area contributed by atoms with Crippen LogP contribution >= 0.6 is 0 Å². The minimum atomic E-state index is -3.57. The summed E-state index contributed by atoms with van der Waals surface area (Å²) in [7, 11) is 0. The Morgan fingerprint density at radius 3 is 1.92 bits per heavy atom. The van der Waals surface area contributed by atoms with Gasteiger partial charge in [-0.15, -0.1) is 0 Å². The van der Waals surface area contributed by atoms with Crippen molar-refractivity contribution in [1.29, 1.82) is 0 Å². The number of benzene rings is 1. The van der Waals surface area contributed by atoms with Gasteiger partial charge in [0, 0.05) is 12.6 Å². The first-order chi connectivity index (χ1) is 11.1. The van der Waals surface area contributed by atoms with Crippen molar-refractivity contribution in [2.45, 2.75) is 12.6 Å². The molecule has 0 unspecified atom stereocenters. The average molecular weight is 341 g/mol. The molecular formula is C10H7N5O9. The van der Waals surface area contributed by atoms with Crippen molar-refractivity contribution < 1.29 is 24.5 Å². The third-order valence-corrected chi connectivity index (χ3v) is 3.52. The van der Waals surface area contributed by atoms with E-state index < -0.39 is 53.9 Å². The van der Waals surface area contributed by atoms with E-state index in [0.717, 1.165) is 0 Å². The van der Waals surface area contributed by atoms with Crippen molar-refractivity contribution >= 4 is 23.0 Å². The van der Waals surface area contributed by atoms with E-state index in [0.29, 0.717) is 17.0 Å². The van der Waals surface area contributed by atoms with Gasteiger partial charge in [0.05, 0.1) is 15.9 Å². The van der Waals surface area contributed by atoms with Gasteiger partial charge >= 0.3 is 17.3 Å². The molecule has 0 aliphatic carbocycles. The third kappa shape index (κ3) is 1.86. The molecule has 0 fully saturated rings. The molecule has 0 saturated carbocycles. The highest BCUT2D eigenvalue weighted by Crippen LogP contribution is 2.49. The quantitative estimate of drug-likeness (QED) is 0.418. The molecule has 0 N–H and O–H groups in total. The van der Waals surface area contributed by atoms with Gasteiger partial charge in [0.1, 0.15) is 15.5 Å². The fourth-order valence-corrected chi connectivity index (χ4v) is 2.52. The molecule has 0 spiro atoms. The maximum atomic E-state index is 12.3. The number of rotatable bonds is 5. The second kappa shape index (κ2) is 5.18. The van der Waals surface area contributed by atoms with Crippen LogP contribution in [0.3, 0.4) is 0 Å². The molecule has 14 nitrogen and oxygen atoms in total. The summed E-state index contributed by atoms with van der Waals surface area (Å²) in [5, 5.41) is 44.7. The van der Waals surface area contributed by atoms with E-state index in [9.17, 15) is 45.3 Å². The van der Waals surface area contributed by atoms with Crippen molar-refractivity contribution in [2.75, 3.05) is 11.4 Å². The molecular weight excluding hydrogens is 334 g/mol. The number of non-ortho nitro benzene ring substituents is 1. The fourth-order valence-electron chi connectivity index (χ4n) is 2.52. The number of likely N-dealkylation sites (N-methyl/N-ethyl adjacent to an activating group) is 1. The number of amides is 1. The molecule has 0 radical (unpaired) electrons. The molecule has 0 saturated heterocycles. The van der Waals surface area contributed by atoms with Gasteiger partial charge in [-0.2, -0.15) is 0 Å². The van der Waals surface area contributed by atoms with Crippen molar-refractivity contribution in [3.8, 4) is 0 Å². The molecule has 0 bridgehead atoms. The Kier molecular flexibility index (Phi) is 3.60. The van der Waals surface area contributed by atoms with E-state index >= 15 is 0 Å². The lowest BCUT2D eigenvalue weighted by Crippen LogP contribution is -2.51. The molecule has 2 rings (SSSR count). The van der Waals surface area contributed by atoms with Crippen LogP contribution < -0.4 is 4.90 Å². The Hall–Kier alpha value is -3.71. The molecule has 1 heterocycles. The first kappa shape index (κ1) is 16.7. The van der Waals surface area contributed by atoms with Crippen molar-refractivity contribution in [2.24, 2.45) is 0 Å². The van der Waals surface area contributed by atoms with Crippen LogP contribution in [-0.2, 0) is 10.5 Å². The lowest BCUT2D eigenvalue weighted by molar-refractivity contribution is -0.787. The Labute approximate surface area is 130 Å². The highest BCUT2D eigenvalue weighted by Gasteiger charge is 2.74. The average Bonchev–Trinajstić information content (AvgIpc) is 2.74. The molecule has 1 aliphatic rings. The summed E-state index contributed by atoms with van der Waals surface area (Å²) in [6.07, 6.45) is 0. The predicted octanol–water partition coefficient (Wildman–Crippen LogP) is 0.576. The smallest absolute Gasteiger partial charge is 0.293 e. The van der Waals surface area contributed by atoms with Crippen LogP contribution in [0.15, 0.2) is 12.1 Å². The standard InChI is InChI=1S/C10H7N5O9/c1-2-11-8-6(10(9(11)16,14(21)22)15(23)24)3-5(12(17)18)4-7(8)13(19)20/h3-4H,2H2,1H3. The number of hydrogen-bond donors (Lipinski definition) is 0. The lowest BCUT2D eigenvalue weighted by atomic mass is 10.0. The van der Waals surface area contributed by atoms with E-state index in [1.54, 1.807) is 0 Å². The van der Waals surface area contributed by atoms with Gasteiger partial charge in [-0.05, 0) is 6.92 Å². The van der Waals surface area contributed by atoms with Crippen LogP contribution in [0.2, 0.25) is 0 Å². The fraction of sp³-hybridized carbons (Fsp3) is 0.300. The van der Waals surface area contributed by atoms with Gasteiger partial charge in [-0.25, -0.2) is 0 Å². The third-order valence-electron chi connectivity index (χ3n) is 3.52. The molecule has 0 atom stereocenters. The Morgan fingerprint density at radius 1 is 1.00 bits per heavy atom. The Balaban J connectivity index is 3.04. The second-order valence-corrected chi connectivity index (χ2v) is 4.61. The van der Waals surface area contributed by atoms with Crippen molar-refractivity contribution in [3.63, 3.8) is 0 Å². The van der Waals surface area contributed by atoms with E-state index in [1.165, 1.54) is 6.92 Å². The number of fused-ring (bicyclic) bond motifs is 1. The van der Waals surface area contributed by atoms with Crippen LogP contribution in [0.25, 0.3) is 0 Å². The summed E-state index contributed by atoms with van der Waals surface area (Å²) in [6.45, 7) is 0.955. The molecule has 126 valence electrons. The molecule has 24 heavy (non-hydrogen) atoms. The number of carbonyl (C=O) groups excluding carboxylic acids is 1. The predicted molar refractivity (Wildman–Crippen MR) is 73.4 cm³/mol. The number of hydrogen-bond acceptors (Lipinski definition) is 9. The van der Waals surface area contributed by atoms with E-state index in [2.05, 4.69) is 0 Å². The van der Waals surface area contributed by atoms with Crippen LogP contribution in [0, 0.1) is 40.5 Å². The maximum absolute atomic E-state index is 12.3. The summed E-state index contributed by atoms with van der Waals surface area (Å²) in [6, 6.07) is 0.937. The second-order valence-electron chi connectivity index (χ2n) is 4.61. The van der Waals surface area contributed by atoms with Crippen LogP contribution in [0.4, 0.5) is 17.1 Å². The SMILES string of the molecule is CCN1C(=O)C([N+](=O)[O-])([N+](=O)[O-])c2cc([N+](=O)[O-])cc([N+](=O)[O-])c21. The normalized spacial score (nSPS) is 15.0. The number of nitro benzene ring substituents is 2. The summed E-state index contributed by atoms with van der Waals surface area (Å²) in [5.41, 5.74) is -7.24. The highest BCUT2D eigenvalue weighted by atomic mass is 16.7. The van der Waals surface area contributed by atoms with Gasteiger partial charge in [-0.3, -0.25) is 50.2 Å². The summed E-state index contributed by atoms with van der Waals surface area (Å²) in [4.78, 5) is 52.3. The van der Waals surface area contributed by atoms with E-state index in [-0.39, 0.29) is 6.54 Å². The zero-order valence-corrected chi connectivity index (χ0v) is 11.8. The minimum Gasteiger partial charge on any atom is -0.293 e. The number of nitrogens with zero attached hydrogens (tertiary/aromatic N) is 5. The van der Waals surface area contributed by atoms with Gasteiger partial charge in [0.2, 0.25) is 0 Å². The molecule has 0 aromatic heterocycles. The first-order valence-corrected chi connectivity index (χ1v) is 6.18. The van der Waals surface area contributed by atoms with Crippen LogP contribution in [-0.4, -0.2) is 32.1 Å². The Morgan fingerprint density at radius 2 is 1.54 bits per heavy atom. The minimum absolute atomic E-state index is 0.339. The van der Waals surface area contributed by atoms with E-state index in [4.69, 9.17) is 0 Å². The van der Waals surface area contributed by atoms with Gasteiger partial charge in [-0.1, -0.05) is 0 Å². The van der Waals surface area contributed by atoms with Gasteiger partial charge in [0.15, 0.2) is 5.56 Å². The zero-order valence-electron chi connectivity index (χ0n) is 11.8. The lowest BCUT2D eigenvalue weighted by Gasteiger charge is -2.13. The highest BCUT2D eigenvalue weighted by molar-refractivity contribution is 6.08. The molecule has 1 aromatic carbocycles. The summed E-state index contributed by atoms with van der Waals surface area (Å²) < 4.78 is 0. The van der Waals surface area contributed by atoms with E-state index in [1.807, 2.05) is 0 Å². The maximum Gasteiger partial charge on any atom is 0.564 e. The Bertz CT molecular complexity index is 805. The molecule has 1 aliphatic heterocycles.